The van der Waals surface area contributed by atoms with E-state index < -0.39 is 0 Å². The lowest BCUT2D eigenvalue weighted by molar-refractivity contribution is 0.0946. The van der Waals surface area contributed by atoms with Gasteiger partial charge in [-0.25, -0.2) is 0 Å². The molecular weight excluding hydrogens is 264 g/mol. The van der Waals surface area contributed by atoms with Crippen LogP contribution in [0.2, 0.25) is 0 Å². The van der Waals surface area contributed by atoms with Crippen molar-refractivity contribution in [3.63, 3.8) is 0 Å². The molecule has 74 valence electrons. The van der Waals surface area contributed by atoms with Gasteiger partial charge in [0.2, 0.25) is 5.78 Å². The Morgan fingerprint density at radius 2 is 2.43 bits per heavy atom. The van der Waals surface area contributed by atoms with Crippen LogP contribution in [0, 0.1) is 6.92 Å². The molecule has 0 spiro atoms. The number of Topliss-reactive ketones (excluding diaryl/α,β-unsaturated/α-hetero) is 1. The van der Waals surface area contributed by atoms with Crippen molar-refractivity contribution in [2.24, 2.45) is 0 Å². The van der Waals surface area contributed by atoms with Crippen LogP contribution in [0.4, 0.5) is 0 Å². The van der Waals surface area contributed by atoms with Gasteiger partial charge in [-0.2, -0.15) is 0 Å². The van der Waals surface area contributed by atoms with Crippen LogP contribution in [0.5, 0.6) is 0 Å². The summed E-state index contributed by atoms with van der Waals surface area (Å²) in [6, 6.07) is 1.89. The number of allylic oxidation sites excluding steroid dienone is 1. The second kappa shape index (κ2) is 3.87. The summed E-state index contributed by atoms with van der Waals surface area (Å²) < 4.78 is 6.23. The highest BCUT2D eigenvalue weighted by Gasteiger charge is 2.19. The highest BCUT2D eigenvalue weighted by Crippen LogP contribution is 2.29. The van der Waals surface area contributed by atoms with Crippen LogP contribution in [0.3, 0.4) is 0 Å². The third-order valence-corrected chi connectivity index (χ3v) is 4.15. The van der Waals surface area contributed by atoms with Crippen molar-refractivity contribution in [3.05, 3.63) is 32.1 Å². The fraction of sp³-hybridized carbons (Fsp3) is 0.300. The fourth-order valence-corrected chi connectivity index (χ4v) is 2.75. The average Bonchev–Trinajstić information content (AvgIpc) is 2.76. The summed E-state index contributed by atoms with van der Waals surface area (Å²) in [6.45, 7) is 2.61. The second-order valence-electron chi connectivity index (χ2n) is 3.10. The van der Waals surface area contributed by atoms with Gasteiger partial charge in [0.05, 0.1) is 15.3 Å². The first-order valence-corrected chi connectivity index (χ1v) is 5.93. The molecule has 1 aliphatic heterocycles. The molecule has 0 atom stereocenters. The SMILES string of the molecule is Cc1cc(C(=O)C2=CCCO2)sc1Br. The summed E-state index contributed by atoms with van der Waals surface area (Å²) in [7, 11) is 0. The molecule has 1 aromatic heterocycles. The number of aryl methyl sites for hydroxylation is 1. The Labute approximate surface area is 94.7 Å². The average molecular weight is 273 g/mol. The van der Waals surface area contributed by atoms with E-state index in [1.165, 1.54) is 11.3 Å². The largest absolute Gasteiger partial charge is 0.489 e. The van der Waals surface area contributed by atoms with Crippen molar-refractivity contribution in [2.75, 3.05) is 6.61 Å². The molecule has 0 aromatic carbocycles. The number of ketones is 1. The smallest absolute Gasteiger partial charge is 0.237 e. The third-order valence-electron chi connectivity index (χ3n) is 2.01. The molecule has 0 N–H and O–H groups in total. The van der Waals surface area contributed by atoms with E-state index in [0.717, 1.165) is 20.6 Å². The first-order valence-electron chi connectivity index (χ1n) is 4.32. The van der Waals surface area contributed by atoms with Crippen molar-refractivity contribution in [1.29, 1.82) is 0 Å². The van der Waals surface area contributed by atoms with E-state index in [4.69, 9.17) is 4.74 Å². The number of rotatable bonds is 2. The van der Waals surface area contributed by atoms with Gasteiger partial charge in [-0.05, 0) is 40.6 Å². The van der Waals surface area contributed by atoms with Gasteiger partial charge >= 0.3 is 0 Å². The standard InChI is InChI=1S/C10H9BrO2S/c1-6-5-8(14-10(6)11)9(12)7-3-2-4-13-7/h3,5H,2,4H2,1H3. The molecule has 0 radical (unpaired) electrons. The Morgan fingerprint density at radius 3 is 2.93 bits per heavy atom. The van der Waals surface area contributed by atoms with Crippen molar-refractivity contribution in [3.8, 4) is 0 Å². The number of hydrogen-bond donors (Lipinski definition) is 0. The maximum absolute atomic E-state index is 11.8. The predicted octanol–water partition coefficient (Wildman–Crippen LogP) is 3.31. The number of carbonyl (C=O) groups excluding carboxylic acids is 1. The van der Waals surface area contributed by atoms with Gasteiger partial charge < -0.3 is 4.74 Å². The maximum atomic E-state index is 11.8. The zero-order chi connectivity index (χ0) is 10.1. The van der Waals surface area contributed by atoms with E-state index >= 15 is 0 Å². The lowest BCUT2D eigenvalue weighted by Gasteiger charge is -1.98. The van der Waals surface area contributed by atoms with Crippen LogP contribution in [0.1, 0.15) is 21.7 Å². The summed E-state index contributed by atoms with van der Waals surface area (Å²) in [6.07, 6.45) is 2.69. The molecular formula is C10H9BrO2S. The van der Waals surface area contributed by atoms with Crippen LogP contribution in [-0.4, -0.2) is 12.4 Å². The monoisotopic (exact) mass is 272 g/mol. The zero-order valence-corrected chi connectivity index (χ0v) is 10.1. The van der Waals surface area contributed by atoms with Crippen LogP contribution < -0.4 is 0 Å². The van der Waals surface area contributed by atoms with Gasteiger partial charge in [0, 0.05) is 6.42 Å². The summed E-state index contributed by atoms with van der Waals surface area (Å²) >= 11 is 4.85. The minimum absolute atomic E-state index is 0.00120. The van der Waals surface area contributed by atoms with Gasteiger partial charge in [0.25, 0.3) is 0 Å². The molecule has 1 aliphatic rings. The molecule has 0 fully saturated rings. The van der Waals surface area contributed by atoms with Crippen molar-refractivity contribution in [2.45, 2.75) is 13.3 Å². The quantitative estimate of drug-likeness (QED) is 0.773. The first kappa shape index (κ1) is 9.93. The maximum Gasteiger partial charge on any atom is 0.237 e. The highest BCUT2D eigenvalue weighted by atomic mass is 79.9. The minimum Gasteiger partial charge on any atom is -0.489 e. The van der Waals surface area contributed by atoms with Crippen LogP contribution >= 0.6 is 27.3 Å². The predicted molar refractivity (Wildman–Crippen MR) is 59.7 cm³/mol. The topological polar surface area (TPSA) is 26.3 Å². The summed E-state index contributed by atoms with van der Waals surface area (Å²) in [4.78, 5) is 12.5. The number of hydrogen-bond acceptors (Lipinski definition) is 3. The number of halogens is 1. The van der Waals surface area contributed by atoms with E-state index in [0.29, 0.717) is 12.4 Å². The summed E-state index contributed by atoms with van der Waals surface area (Å²) in [5.41, 5.74) is 1.09. The van der Waals surface area contributed by atoms with Gasteiger partial charge in [-0.15, -0.1) is 11.3 Å². The van der Waals surface area contributed by atoms with E-state index in [-0.39, 0.29) is 5.78 Å². The van der Waals surface area contributed by atoms with Gasteiger partial charge in [-0.3, -0.25) is 4.79 Å². The Morgan fingerprint density at radius 1 is 1.64 bits per heavy atom. The van der Waals surface area contributed by atoms with Gasteiger partial charge in [-0.1, -0.05) is 0 Å². The highest BCUT2D eigenvalue weighted by molar-refractivity contribution is 9.11. The van der Waals surface area contributed by atoms with Crippen LogP contribution in [0.15, 0.2) is 21.7 Å². The molecule has 14 heavy (non-hydrogen) atoms. The van der Waals surface area contributed by atoms with E-state index in [1.54, 1.807) is 0 Å². The molecule has 4 heteroatoms. The summed E-state index contributed by atoms with van der Waals surface area (Å²) in [5, 5.41) is 0. The lowest BCUT2D eigenvalue weighted by Crippen LogP contribution is -2.01. The molecule has 0 saturated carbocycles. The molecule has 1 aromatic rings. The molecule has 0 unspecified atom stereocenters. The van der Waals surface area contributed by atoms with Gasteiger partial charge in [0.1, 0.15) is 0 Å². The summed E-state index contributed by atoms with van der Waals surface area (Å²) in [5.74, 6) is 0.500. The molecule has 2 nitrogen and oxygen atoms in total. The molecule has 0 aliphatic carbocycles. The van der Waals surface area contributed by atoms with Crippen molar-refractivity contribution < 1.29 is 9.53 Å². The number of carbonyl (C=O) groups is 1. The van der Waals surface area contributed by atoms with E-state index in [1.807, 2.05) is 19.1 Å². The number of ether oxygens (including phenoxy) is 1. The normalized spacial score (nSPS) is 15.1. The molecule has 0 amide bonds. The third kappa shape index (κ3) is 1.77. The molecule has 0 bridgehead atoms. The van der Waals surface area contributed by atoms with E-state index in [9.17, 15) is 4.79 Å². The Bertz CT molecular complexity index is 387. The zero-order valence-electron chi connectivity index (χ0n) is 7.67. The molecule has 2 heterocycles. The van der Waals surface area contributed by atoms with Crippen molar-refractivity contribution in [1.82, 2.24) is 0 Å². The number of thiophene rings is 1. The first-order chi connectivity index (χ1) is 6.68. The van der Waals surface area contributed by atoms with Crippen LogP contribution in [-0.2, 0) is 4.74 Å². The van der Waals surface area contributed by atoms with Crippen molar-refractivity contribution >= 4 is 33.0 Å². The molecule has 2 rings (SSSR count). The molecule has 0 saturated heterocycles. The van der Waals surface area contributed by atoms with E-state index in [2.05, 4.69) is 15.9 Å². The van der Waals surface area contributed by atoms with Crippen LogP contribution in [0.25, 0.3) is 0 Å². The lowest BCUT2D eigenvalue weighted by atomic mass is 10.2. The Balaban J connectivity index is 2.26. The van der Waals surface area contributed by atoms with Gasteiger partial charge in [0.15, 0.2) is 5.76 Å². The Hall–Kier alpha value is -0.610. The Kier molecular flexibility index (Phi) is 2.74. The minimum atomic E-state index is 0.00120. The fourth-order valence-electron chi connectivity index (χ4n) is 1.27. The second-order valence-corrected chi connectivity index (χ2v) is 5.47.